The summed E-state index contributed by atoms with van der Waals surface area (Å²) in [5, 5.41) is 21.8. The minimum absolute atomic E-state index is 0.392. The van der Waals surface area contributed by atoms with Crippen LogP contribution < -0.4 is 9.75 Å². The van der Waals surface area contributed by atoms with Crippen LogP contribution in [0.1, 0.15) is 0 Å². The van der Waals surface area contributed by atoms with Gasteiger partial charge < -0.3 is 10.1 Å². The number of fused-ring (bicyclic) bond motifs is 1. The predicted molar refractivity (Wildman–Crippen MR) is 58.3 cm³/mol. The van der Waals surface area contributed by atoms with Crippen LogP contribution in [0.2, 0.25) is 0 Å². The van der Waals surface area contributed by atoms with Crippen LogP contribution in [0.15, 0.2) is 16.6 Å². The van der Waals surface area contributed by atoms with Gasteiger partial charge in [-0.25, -0.2) is 0 Å². The number of hydrogen-bond donors (Lipinski definition) is 0. The van der Waals surface area contributed by atoms with Gasteiger partial charge in [-0.05, 0) is 27.1 Å². The Balaban J connectivity index is 2.80. The number of rotatable bonds is 1. The van der Waals surface area contributed by atoms with Gasteiger partial charge in [0.05, 0.1) is 4.47 Å². The molecule has 0 aliphatic rings. The molecule has 1 aromatic carbocycles. The molecule has 2 rings (SSSR count). The molecule has 0 saturated carbocycles. The van der Waals surface area contributed by atoms with Crippen molar-refractivity contribution in [3.05, 3.63) is 21.8 Å². The highest BCUT2D eigenvalue weighted by Crippen LogP contribution is 2.25. The molecule has 0 radical (unpaired) electrons. The molecule has 0 aliphatic carbocycles. The Kier molecular flexibility index (Phi) is 2.39. The first-order valence-electron chi connectivity index (χ1n) is 4.19. The van der Waals surface area contributed by atoms with Gasteiger partial charge in [-0.1, -0.05) is 0 Å². The molecule has 0 aliphatic heterocycles. The molecule has 1 aromatic heterocycles. The van der Waals surface area contributed by atoms with Gasteiger partial charge in [-0.3, -0.25) is 0 Å². The Morgan fingerprint density at radius 1 is 1.40 bits per heavy atom. The summed E-state index contributed by atoms with van der Waals surface area (Å²) in [5.41, 5.74) is 1.79. The Morgan fingerprint density at radius 3 is 2.80 bits per heavy atom. The van der Waals surface area contributed by atoms with E-state index >= 15 is 0 Å². The molecule has 0 bridgehead atoms. The molecule has 6 nitrogen and oxygen atoms in total. The molecule has 0 N–H and O–H groups in total. The summed E-state index contributed by atoms with van der Waals surface area (Å²) in [6.45, 7) is 0. The molecule has 0 fully saturated rings. The number of anilines is 1. The van der Waals surface area contributed by atoms with Gasteiger partial charge in [-0.15, -0.1) is 4.85 Å². The Morgan fingerprint density at radius 2 is 2.13 bits per heavy atom. The van der Waals surface area contributed by atoms with Crippen LogP contribution in [0.25, 0.3) is 11.0 Å². The zero-order chi connectivity index (χ0) is 11.0. The summed E-state index contributed by atoms with van der Waals surface area (Å²) < 4.78 is 0.725. The van der Waals surface area contributed by atoms with E-state index in [1.807, 2.05) is 25.1 Å². The van der Waals surface area contributed by atoms with Crippen LogP contribution in [0.4, 0.5) is 5.69 Å². The molecule has 0 saturated heterocycles. The molecule has 2 aromatic rings. The van der Waals surface area contributed by atoms with Crippen LogP contribution in [-0.4, -0.2) is 29.6 Å². The second-order valence-corrected chi connectivity index (χ2v) is 4.10. The maximum Gasteiger partial charge on any atom is 0.204 e. The lowest BCUT2D eigenvalue weighted by atomic mass is 10.2. The third kappa shape index (κ3) is 1.70. The van der Waals surface area contributed by atoms with Gasteiger partial charge in [0.2, 0.25) is 5.21 Å². The highest BCUT2D eigenvalue weighted by atomic mass is 79.9. The van der Waals surface area contributed by atoms with E-state index in [1.54, 1.807) is 6.07 Å². The maximum atomic E-state index is 11.4. The number of benzene rings is 1. The first-order chi connectivity index (χ1) is 7.09. The monoisotopic (exact) mass is 269 g/mol. The Hall–Kier alpha value is -1.50. The Labute approximate surface area is 94.2 Å². The number of nitrogens with zero attached hydrogens (tertiary/aromatic N) is 5. The van der Waals surface area contributed by atoms with Crippen molar-refractivity contribution < 1.29 is 4.85 Å². The highest BCUT2D eigenvalue weighted by Gasteiger charge is 2.11. The third-order valence-corrected chi connectivity index (χ3v) is 2.62. The van der Waals surface area contributed by atoms with E-state index in [2.05, 4.69) is 31.5 Å². The predicted octanol–water partition coefficient (Wildman–Crippen LogP) is 0.487. The van der Waals surface area contributed by atoms with Crippen molar-refractivity contribution in [1.82, 2.24) is 15.5 Å². The lowest BCUT2D eigenvalue weighted by molar-refractivity contribution is -0.649. The SMILES string of the molecule is CN(C)c1cc(Br)c2nnn[n+]([O-])c2c1. The van der Waals surface area contributed by atoms with Gasteiger partial charge in [0.1, 0.15) is 0 Å². The molecule has 0 unspecified atom stereocenters. The lowest BCUT2D eigenvalue weighted by Crippen LogP contribution is -2.33. The van der Waals surface area contributed by atoms with Gasteiger partial charge >= 0.3 is 0 Å². The van der Waals surface area contributed by atoms with Crippen LogP contribution in [0, 0.1) is 5.21 Å². The minimum Gasteiger partial charge on any atom is -0.691 e. The zero-order valence-electron chi connectivity index (χ0n) is 8.18. The molecule has 0 atom stereocenters. The molecule has 15 heavy (non-hydrogen) atoms. The minimum atomic E-state index is 0.392. The van der Waals surface area contributed by atoms with E-state index < -0.39 is 0 Å². The number of halogens is 1. The molecule has 0 amide bonds. The van der Waals surface area contributed by atoms with Crippen LogP contribution in [-0.2, 0) is 0 Å². The average molecular weight is 270 g/mol. The van der Waals surface area contributed by atoms with Gasteiger partial charge in [0.25, 0.3) is 0 Å². The van der Waals surface area contributed by atoms with Gasteiger partial charge in [-0.2, -0.15) is 0 Å². The second-order valence-electron chi connectivity index (χ2n) is 3.24. The van der Waals surface area contributed by atoms with Crippen molar-refractivity contribution >= 4 is 32.7 Å². The van der Waals surface area contributed by atoms with Crippen molar-refractivity contribution in [2.75, 3.05) is 19.0 Å². The van der Waals surface area contributed by atoms with Crippen molar-refractivity contribution in [3.63, 3.8) is 0 Å². The van der Waals surface area contributed by atoms with E-state index in [-0.39, 0.29) is 0 Å². The molecule has 78 valence electrons. The van der Waals surface area contributed by atoms with E-state index in [9.17, 15) is 5.21 Å². The zero-order valence-corrected chi connectivity index (χ0v) is 9.76. The maximum absolute atomic E-state index is 11.4. The standard InChI is InChI=1S/C8H8BrN5O/c1-13(2)5-3-6(9)8-7(4-5)14(15)12-11-10-8/h3-4H,1-2H3. The van der Waals surface area contributed by atoms with Crippen LogP contribution in [0.3, 0.4) is 0 Å². The fraction of sp³-hybridized carbons (Fsp3) is 0.250. The first kappa shape index (κ1) is 10.0. The fourth-order valence-electron chi connectivity index (χ4n) is 1.22. The quantitative estimate of drug-likeness (QED) is 0.557. The average Bonchev–Trinajstić information content (AvgIpc) is 2.19. The second kappa shape index (κ2) is 3.58. The van der Waals surface area contributed by atoms with E-state index in [1.165, 1.54) is 0 Å². The fourth-order valence-corrected chi connectivity index (χ4v) is 1.74. The molecule has 0 spiro atoms. The largest absolute Gasteiger partial charge is 0.691 e. The van der Waals surface area contributed by atoms with Crippen molar-refractivity contribution in [2.24, 2.45) is 0 Å². The number of hydrogen-bond acceptors (Lipinski definition) is 5. The van der Waals surface area contributed by atoms with Gasteiger partial charge in [0, 0.05) is 25.8 Å². The van der Waals surface area contributed by atoms with E-state index in [0.29, 0.717) is 15.9 Å². The summed E-state index contributed by atoms with van der Waals surface area (Å²) in [4.78, 5) is 2.35. The third-order valence-electron chi connectivity index (χ3n) is 2.02. The van der Waals surface area contributed by atoms with Crippen molar-refractivity contribution in [2.45, 2.75) is 0 Å². The molecule has 1 heterocycles. The van der Waals surface area contributed by atoms with Crippen LogP contribution >= 0.6 is 15.9 Å². The van der Waals surface area contributed by atoms with E-state index in [0.717, 1.165) is 10.2 Å². The summed E-state index contributed by atoms with van der Waals surface area (Å²) >= 11 is 3.34. The topological polar surface area (TPSA) is 68.9 Å². The van der Waals surface area contributed by atoms with Crippen LogP contribution in [0.5, 0.6) is 0 Å². The molecular formula is C8H8BrN5O. The summed E-state index contributed by atoms with van der Waals surface area (Å²) in [6, 6.07) is 3.59. The summed E-state index contributed by atoms with van der Waals surface area (Å²) in [7, 11) is 3.79. The number of aromatic nitrogens is 4. The summed E-state index contributed by atoms with van der Waals surface area (Å²) in [6.07, 6.45) is 0. The normalized spacial score (nSPS) is 10.6. The molecule has 7 heteroatoms. The van der Waals surface area contributed by atoms with Crippen molar-refractivity contribution in [3.8, 4) is 0 Å². The van der Waals surface area contributed by atoms with E-state index in [4.69, 9.17) is 0 Å². The Bertz CT molecular complexity index is 516. The lowest BCUT2D eigenvalue weighted by Gasteiger charge is -2.13. The summed E-state index contributed by atoms with van der Waals surface area (Å²) in [5.74, 6) is 0. The smallest absolute Gasteiger partial charge is 0.204 e. The first-order valence-corrected chi connectivity index (χ1v) is 4.98. The highest BCUT2D eigenvalue weighted by molar-refractivity contribution is 9.10. The van der Waals surface area contributed by atoms with Crippen molar-refractivity contribution in [1.29, 1.82) is 0 Å². The molecular weight excluding hydrogens is 262 g/mol. The van der Waals surface area contributed by atoms with Gasteiger partial charge in [0.15, 0.2) is 16.2 Å².